The summed E-state index contributed by atoms with van der Waals surface area (Å²) in [5, 5.41) is 8.42. The summed E-state index contributed by atoms with van der Waals surface area (Å²) in [5.41, 5.74) is 1.34. The summed E-state index contributed by atoms with van der Waals surface area (Å²) in [7, 11) is 0. The van der Waals surface area contributed by atoms with Crippen LogP contribution in [0.3, 0.4) is 0 Å². The molecule has 0 radical (unpaired) electrons. The molecule has 5 heteroatoms. The summed E-state index contributed by atoms with van der Waals surface area (Å²) in [5.74, 6) is 3.05. The normalized spacial score (nSPS) is 21.7. The fraction of sp³-hybridized carbons (Fsp3) is 0.556. The molecule has 1 atom stereocenters. The first-order chi connectivity index (χ1) is 11.3. The summed E-state index contributed by atoms with van der Waals surface area (Å²) in [4.78, 5) is 2.44. The van der Waals surface area contributed by atoms with Crippen molar-refractivity contribution in [2.24, 2.45) is 0 Å². The molecule has 1 aromatic heterocycles. The largest absolute Gasteiger partial charge is 0.494 e. The van der Waals surface area contributed by atoms with Crippen molar-refractivity contribution < 1.29 is 9.15 Å². The van der Waals surface area contributed by atoms with Gasteiger partial charge in [-0.05, 0) is 56.8 Å². The third-order valence-corrected chi connectivity index (χ3v) is 4.69. The number of ether oxygens (including phenoxy) is 1. The molecule has 2 fully saturated rings. The Kier molecular flexibility index (Phi) is 4.04. The molecule has 2 aliphatic rings. The molecule has 1 unspecified atom stereocenters. The Morgan fingerprint density at radius 2 is 2.00 bits per heavy atom. The van der Waals surface area contributed by atoms with Crippen LogP contribution in [0.2, 0.25) is 0 Å². The monoisotopic (exact) mass is 313 g/mol. The minimum absolute atomic E-state index is 0.432. The third-order valence-electron chi connectivity index (χ3n) is 4.69. The van der Waals surface area contributed by atoms with E-state index in [9.17, 15) is 0 Å². The second-order valence-electron chi connectivity index (χ2n) is 6.44. The zero-order valence-corrected chi connectivity index (χ0v) is 13.6. The predicted molar refractivity (Wildman–Crippen MR) is 86.3 cm³/mol. The first-order valence-electron chi connectivity index (χ1n) is 8.62. The van der Waals surface area contributed by atoms with Crippen molar-refractivity contribution in [3.05, 3.63) is 41.6 Å². The van der Waals surface area contributed by atoms with Gasteiger partial charge in [-0.1, -0.05) is 12.1 Å². The maximum atomic E-state index is 5.82. The van der Waals surface area contributed by atoms with E-state index in [1.807, 2.05) is 6.92 Å². The molecular formula is C18H23N3O2. The van der Waals surface area contributed by atoms with Crippen LogP contribution in [0.15, 0.2) is 28.7 Å². The maximum absolute atomic E-state index is 5.82. The van der Waals surface area contributed by atoms with Gasteiger partial charge in [0.05, 0.1) is 13.2 Å². The highest BCUT2D eigenvalue weighted by atomic mass is 16.5. The van der Waals surface area contributed by atoms with Crippen LogP contribution in [-0.2, 0) is 6.54 Å². The van der Waals surface area contributed by atoms with Crippen LogP contribution in [0.4, 0.5) is 0 Å². The van der Waals surface area contributed by atoms with Crippen molar-refractivity contribution >= 4 is 0 Å². The van der Waals surface area contributed by atoms with Gasteiger partial charge in [-0.3, -0.25) is 4.90 Å². The molecule has 1 aliphatic carbocycles. The van der Waals surface area contributed by atoms with Gasteiger partial charge in [-0.25, -0.2) is 0 Å². The SMILES string of the molecule is CCOc1ccc(C2CCCN2Cc2nnc(C3CC3)o2)cc1. The average Bonchev–Trinajstić information content (AvgIpc) is 3.14. The Hall–Kier alpha value is -1.88. The molecule has 5 nitrogen and oxygen atoms in total. The van der Waals surface area contributed by atoms with Gasteiger partial charge in [-0.15, -0.1) is 10.2 Å². The molecule has 1 aliphatic heterocycles. The number of aromatic nitrogens is 2. The van der Waals surface area contributed by atoms with Gasteiger partial charge >= 0.3 is 0 Å². The zero-order valence-electron chi connectivity index (χ0n) is 13.6. The highest BCUT2D eigenvalue weighted by Gasteiger charge is 2.31. The molecule has 0 spiro atoms. The van der Waals surface area contributed by atoms with Crippen LogP contribution >= 0.6 is 0 Å². The first-order valence-corrected chi connectivity index (χ1v) is 8.62. The Balaban J connectivity index is 1.44. The van der Waals surface area contributed by atoms with E-state index in [4.69, 9.17) is 9.15 Å². The van der Waals surface area contributed by atoms with E-state index in [1.54, 1.807) is 0 Å². The lowest BCUT2D eigenvalue weighted by Gasteiger charge is -2.23. The summed E-state index contributed by atoms with van der Waals surface area (Å²) < 4.78 is 11.4. The third kappa shape index (κ3) is 3.24. The van der Waals surface area contributed by atoms with Crippen LogP contribution in [0, 0.1) is 0 Å². The summed E-state index contributed by atoms with van der Waals surface area (Å²) in [6.45, 7) is 4.54. The van der Waals surface area contributed by atoms with Gasteiger partial charge in [-0.2, -0.15) is 0 Å². The number of nitrogens with zero attached hydrogens (tertiary/aromatic N) is 3. The molecule has 1 saturated carbocycles. The van der Waals surface area contributed by atoms with Crippen molar-refractivity contribution in [2.75, 3.05) is 13.2 Å². The second-order valence-corrected chi connectivity index (χ2v) is 6.44. The number of benzene rings is 1. The molecule has 0 amide bonds. The van der Waals surface area contributed by atoms with Crippen LogP contribution in [-0.4, -0.2) is 28.2 Å². The van der Waals surface area contributed by atoms with E-state index >= 15 is 0 Å². The molecule has 1 saturated heterocycles. The van der Waals surface area contributed by atoms with Crippen molar-refractivity contribution in [2.45, 2.75) is 51.1 Å². The number of likely N-dealkylation sites (tertiary alicyclic amines) is 1. The lowest BCUT2D eigenvalue weighted by atomic mass is 10.0. The lowest BCUT2D eigenvalue weighted by molar-refractivity contribution is 0.221. The fourth-order valence-electron chi connectivity index (χ4n) is 3.35. The van der Waals surface area contributed by atoms with Gasteiger partial charge < -0.3 is 9.15 Å². The average molecular weight is 313 g/mol. The van der Waals surface area contributed by atoms with Gasteiger partial charge in [0.25, 0.3) is 0 Å². The predicted octanol–water partition coefficient (Wildman–Crippen LogP) is 3.68. The summed E-state index contributed by atoms with van der Waals surface area (Å²) in [6.07, 6.45) is 4.78. The Morgan fingerprint density at radius 1 is 1.17 bits per heavy atom. The van der Waals surface area contributed by atoms with Crippen LogP contribution in [0.5, 0.6) is 5.75 Å². The molecule has 23 heavy (non-hydrogen) atoms. The quantitative estimate of drug-likeness (QED) is 0.814. The molecule has 0 N–H and O–H groups in total. The molecule has 0 bridgehead atoms. The van der Waals surface area contributed by atoms with Crippen molar-refractivity contribution in [1.29, 1.82) is 0 Å². The van der Waals surface area contributed by atoms with Gasteiger partial charge in [0, 0.05) is 12.0 Å². The number of hydrogen-bond donors (Lipinski definition) is 0. The van der Waals surface area contributed by atoms with Crippen LogP contribution < -0.4 is 4.74 Å². The smallest absolute Gasteiger partial charge is 0.230 e. The molecule has 4 rings (SSSR count). The molecular weight excluding hydrogens is 290 g/mol. The van der Waals surface area contributed by atoms with E-state index in [2.05, 4.69) is 39.4 Å². The van der Waals surface area contributed by atoms with E-state index < -0.39 is 0 Å². The van der Waals surface area contributed by atoms with E-state index in [0.717, 1.165) is 30.6 Å². The first kappa shape index (κ1) is 14.7. The van der Waals surface area contributed by atoms with E-state index in [-0.39, 0.29) is 0 Å². The lowest BCUT2D eigenvalue weighted by Crippen LogP contribution is -2.22. The molecule has 2 aromatic rings. The molecule has 1 aromatic carbocycles. The minimum Gasteiger partial charge on any atom is -0.494 e. The van der Waals surface area contributed by atoms with E-state index in [1.165, 1.54) is 31.2 Å². The standard InChI is InChI=1S/C18H23N3O2/c1-2-22-15-9-7-13(8-10-15)16-4-3-11-21(16)12-17-19-20-18(23-17)14-5-6-14/h7-10,14,16H,2-6,11-12H2,1H3. The molecule has 2 heterocycles. The second kappa shape index (κ2) is 6.32. The van der Waals surface area contributed by atoms with E-state index in [0.29, 0.717) is 18.6 Å². The summed E-state index contributed by atoms with van der Waals surface area (Å²) in [6, 6.07) is 8.91. The van der Waals surface area contributed by atoms with Gasteiger partial charge in [0.2, 0.25) is 11.8 Å². The van der Waals surface area contributed by atoms with Crippen LogP contribution in [0.25, 0.3) is 0 Å². The topological polar surface area (TPSA) is 51.4 Å². The Labute approximate surface area is 136 Å². The number of hydrogen-bond acceptors (Lipinski definition) is 5. The Bertz CT molecular complexity index is 649. The van der Waals surface area contributed by atoms with Crippen molar-refractivity contribution in [3.63, 3.8) is 0 Å². The summed E-state index contributed by atoms with van der Waals surface area (Å²) >= 11 is 0. The van der Waals surface area contributed by atoms with Crippen molar-refractivity contribution in [1.82, 2.24) is 15.1 Å². The highest BCUT2D eigenvalue weighted by Crippen LogP contribution is 2.39. The maximum Gasteiger partial charge on any atom is 0.230 e. The van der Waals surface area contributed by atoms with Crippen molar-refractivity contribution in [3.8, 4) is 5.75 Å². The zero-order chi connectivity index (χ0) is 15.6. The van der Waals surface area contributed by atoms with Crippen LogP contribution in [0.1, 0.15) is 61.9 Å². The Morgan fingerprint density at radius 3 is 2.74 bits per heavy atom. The fourth-order valence-corrected chi connectivity index (χ4v) is 3.35. The minimum atomic E-state index is 0.432. The number of rotatable bonds is 6. The van der Waals surface area contributed by atoms with Gasteiger partial charge in [0.1, 0.15) is 5.75 Å². The molecule has 122 valence electrons. The highest BCUT2D eigenvalue weighted by molar-refractivity contribution is 5.29. The van der Waals surface area contributed by atoms with Gasteiger partial charge in [0.15, 0.2) is 0 Å².